The Labute approximate surface area is 139 Å². The van der Waals surface area contributed by atoms with Crippen molar-refractivity contribution in [3.63, 3.8) is 0 Å². The zero-order valence-corrected chi connectivity index (χ0v) is 14.3. The van der Waals surface area contributed by atoms with Crippen molar-refractivity contribution in [1.82, 2.24) is 0 Å². The molecule has 124 valence electrons. The van der Waals surface area contributed by atoms with Crippen molar-refractivity contribution in [3.05, 3.63) is 54.6 Å². The van der Waals surface area contributed by atoms with E-state index in [0.717, 1.165) is 24.2 Å². The molecule has 0 aromatic heterocycles. The molecule has 1 aliphatic rings. The van der Waals surface area contributed by atoms with Gasteiger partial charge in [-0.2, -0.15) is 0 Å². The van der Waals surface area contributed by atoms with E-state index in [9.17, 15) is 4.79 Å². The monoisotopic (exact) mass is 314 g/mol. The maximum Gasteiger partial charge on any atom is 0.315 e. The van der Waals surface area contributed by atoms with Crippen molar-refractivity contribution in [1.29, 1.82) is 0 Å². The molecule has 3 atom stereocenters. The topological polar surface area (TPSA) is 35.5 Å². The van der Waals surface area contributed by atoms with Gasteiger partial charge < -0.3 is 9.47 Å². The van der Waals surface area contributed by atoms with Crippen molar-refractivity contribution >= 4 is 5.97 Å². The average Bonchev–Trinajstić information content (AvgIpc) is 2.60. The number of allylic oxidation sites excluding steroid dienone is 1. The van der Waals surface area contributed by atoms with Crippen LogP contribution in [0.1, 0.15) is 37.7 Å². The third kappa shape index (κ3) is 3.34. The Bertz CT molecular complexity index is 587. The lowest BCUT2D eigenvalue weighted by Gasteiger charge is -2.42. The molecule has 2 rings (SSSR count). The summed E-state index contributed by atoms with van der Waals surface area (Å²) in [6, 6.07) is 8.09. The summed E-state index contributed by atoms with van der Waals surface area (Å²) in [6.07, 6.45) is 4.14. The van der Waals surface area contributed by atoms with Crippen LogP contribution in [0, 0.1) is 11.3 Å². The van der Waals surface area contributed by atoms with Gasteiger partial charge in [-0.05, 0) is 55.7 Å². The van der Waals surface area contributed by atoms with Gasteiger partial charge in [-0.3, -0.25) is 4.79 Å². The first kappa shape index (κ1) is 17.3. The lowest BCUT2D eigenvalue weighted by atomic mass is 9.62. The molecule has 3 nitrogen and oxygen atoms in total. The second-order valence-electron chi connectivity index (χ2n) is 6.43. The van der Waals surface area contributed by atoms with Gasteiger partial charge in [0.05, 0.1) is 19.6 Å². The molecule has 0 aliphatic heterocycles. The van der Waals surface area contributed by atoms with Crippen LogP contribution in [0.4, 0.5) is 0 Å². The molecular weight excluding hydrogens is 288 g/mol. The van der Waals surface area contributed by atoms with Crippen molar-refractivity contribution in [2.24, 2.45) is 11.3 Å². The molecular formula is C20H26O3. The molecule has 0 saturated heterocycles. The molecule has 0 radical (unpaired) electrons. The third-order valence-electron chi connectivity index (χ3n) is 5.13. The van der Waals surface area contributed by atoms with Crippen LogP contribution in [0.15, 0.2) is 49.1 Å². The van der Waals surface area contributed by atoms with Crippen molar-refractivity contribution in [2.45, 2.75) is 32.1 Å². The van der Waals surface area contributed by atoms with Gasteiger partial charge in [0, 0.05) is 0 Å². The minimum absolute atomic E-state index is 0.189. The number of ether oxygens (including phenoxy) is 2. The maximum absolute atomic E-state index is 12.3. The third-order valence-corrected chi connectivity index (χ3v) is 5.13. The summed E-state index contributed by atoms with van der Waals surface area (Å²) in [4.78, 5) is 12.3. The molecule has 0 heterocycles. The zero-order chi connectivity index (χ0) is 17.0. The smallest absolute Gasteiger partial charge is 0.315 e. The highest BCUT2D eigenvalue weighted by atomic mass is 16.5. The largest absolute Gasteiger partial charge is 0.497 e. The zero-order valence-electron chi connectivity index (χ0n) is 14.3. The summed E-state index contributed by atoms with van der Waals surface area (Å²) in [7, 11) is 3.10. The Hall–Kier alpha value is -2.03. The molecule has 0 spiro atoms. The number of carbonyl (C=O) groups is 1. The van der Waals surface area contributed by atoms with Gasteiger partial charge in [0.2, 0.25) is 0 Å². The van der Waals surface area contributed by atoms with Gasteiger partial charge in [0.25, 0.3) is 0 Å². The van der Waals surface area contributed by atoms with Crippen LogP contribution in [-0.2, 0) is 9.53 Å². The number of rotatable bonds is 5. The van der Waals surface area contributed by atoms with E-state index in [-0.39, 0.29) is 11.9 Å². The molecule has 3 heteroatoms. The second kappa shape index (κ2) is 7.03. The SMILES string of the molecule is C=C[C@]1(C(=O)OC)CC[C@@H](C(=C)C)[C@H](c2ccc(OC)cc2)C1. The molecule has 0 amide bonds. The fraction of sp³-hybridized carbons (Fsp3) is 0.450. The second-order valence-corrected chi connectivity index (χ2v) is 6.43. The van der Waals surface area contributed by atoms with Crippen LogP contribution >= 0.6 is 0 Å². The Kier molecular flexibility index (Phi) is 5.30. The summed E-state index contributed by atoms with van der Waals surface area (Å²) in [5, 5.41) is 0. The quantitative estimate of drug-likeness (QED) is 0.593. The van der Waals surface area contributed by atoms with Gasteiger partial charge in [0.1, 0.15) is 5.75 Å². The van der Waals surface area contributed by atoms with E-state index in [0.29, 0.717) is 12.3 Å². The Balaban J connectivity index is 2.38. The van der Waals surface area contributed by atoms with Crippen molar-refractivity contribution in [2.75, 3.05) is 14.2 Å². The fourth-order valence-electron chi connectivity index (χ4n) is 3.70. The first-order valence-corrected chi connectivity index (χ1v) is 7.99. The minimum Gasteiger partial charge on any atom is -0.497 e. The van der Waals surface area contributed by atoms with E-state index in [1.165, 1.54) is 12.7 Å². The van der Waals surface area contributed by atoms with Crippen LogP contribution < -0.4 is 4.74 Å². The lowest BCUT2D eigenvalue weighted by Crippen LogP contribution is -2.38. The number of carbonyl (C=O) groups excluding carboxylic acids is 1. The van der Waals surface area contributed by atoms with Gasteiger partial charge in [-0.15, -0.1) is 6.58 Å². The van der Waals surface area contributed by atoms with Crippen LogP contribution in [0.5, 0.6) is 5.75 Å². The molecule has 1 saturated carbocycles. The average molecular weight is 314 g/mol. The highest BCUT2D eigenvalue weighted by molar-refractivity contribution is 5.79. The molecule has 1 aromatic rings. The number of hydrogen-bond acceptors (Lipinski definition) is 3. The first-order valence-electron chi connectivity index (χ1n) is 7.99. The summed E-state index contributed by atoms with van der Waals surface area (Å²) in [5.41, 5.74) is 1.76. The first-order chi connectivity index (χ1) is 11.0. The minimum atomic E-state index is -0.606. The van der Waals surface area contributed by atoms with Gasteiger partial charge >= 0.3 is 5.97 Å². The standard InChI is InChI=1S/C20H26O3/c1-6-20(19(21)23-5)12-11-17(14(2)3)18(13-20)15-7-9-16(22-4)10-8-15/h6-10,17-18H,1-2,11-13H2,3-5H3/t17-,18-,20-/m0/s1. The molecule has 0 bridgehead atoms. The Morgan fingerprint density at radius 3 is 2.43 bits per heavy atom. The molecule has 0 unspecified atom stereocenters. The van der Waals surface area contributed by atoms with Crippen LogP contribution in [-0.4, -0.2) is 20.2 Å². The predicted molar refractivity (Wildman–Crippen MR) is 92.5 cm³/mol. The normalized spacial score (nSPS) is 27.1. The van der Waals surface area contributed by atoms with Gasteiger partial charge in [0.15, 0.2) is 0 Å². The molecule has 23 heavy (non-hydrogen) atoms. The van der Waals surface area contributed by atoms with E-state index in [1.54, 1.807) is 13.2 Å². The number of esters is 1. The predicted octanol–water partition coefficient (Wildman–Crippen LogP) is 4.50. The van der Waals surface area contributed by atoms with E-state index in [2.05, 4.69) is 32.2 Å². The number of hydrogen-bond donors (Lipinski definition) is 0. The summed E-state index contributed by atoms with van der Waals surface area (Å²) < 4.78 is 10.3. The van der Waals surface area contributed by atoms with Crippen LogP contribution in [0.2, 0.25) is 0 Å². The molecule has 1 aliphatic carbocycles. The van der Waals surface area contributed by atoms with Crippen molar-refractivity contribution < 1.29 is 14.3 Å². The van der Waals surface area contributed by atoms with E-state index in [4.69, 9.17) is 9.47 Å². The fourth-order valence-corrected chi connectivity index (χ4v) is 3.70. The molecule has 1 aromatic carbocycles. The van der Waals surface area contributed by atoms with Gasteiger partial charge in [-0.25, -0.2) is 0 Å². The Morgan fingerprint density at radius 2 is 1.96 bits per heavy atom. The van der Waals surface area contributed by atoms with E-state index < -0.39 is 5.41 Å². The summed E-state index contributed by atoms with van der Waals surface area (Å²) in [5.74, 6) is 1.23. The Morgan fingerprint density at radius 1 is 1.30 bits per heavy atom. The van der Waals surface area contributed by atoms with E-state index in [1.807, 2.05) is 12.1 Å². The number of benzene rings is 1. The molecule has 1 fully saturated rings. The maximum atomic E-state index is 12.3. The summed E-state index contributed by atoms with van der Waals surface area (Å²) >= 11 is 0. The van der Waals surface area contributed by atoms with Crippen molar-refractivity contribution in [3.8, 4) is 5.75 Å². The van der Waals surface area contributed by atoms with E-state index >= 15 is 0 Å². The highest BCUT2D eigenvalue weighted by Gasteiger charge is 2.45. The molecule has 0 N–H and O–H groups in total. The highest BCUT2D eigenvalue weighted by Crippen LogP contribution is 2.50. The summed E-state index contributed by atoms with van der Waals surface area (Å²) in [6.45, 7) is 10.1. The van der Waals surface area contributed by atoms with Crippen LogP contribution in [0.25, 0.3) is 0 Å². The number of methoxy groups -OCH3 is 2. The van der Waals surface area contributed by atoms with Gasteiger partial charge in [-0.1, -0.05) is 30.4 Å². The van der Waals surface area contributed by atoms with Crippen LogP contribution in [0.3, 0.4) is 0 Å². The lowest BCUT2D eigenvalue weighted by molar-refractivity contribution is -0.152.